The van der Waals surface area contributed by atoms with Crippen LogP contribution in [-0.4, -0.2) is 18.7 Å². The van der Waals surface area contributed by atoms with Gasteiger partial charge in [-0.1, -0.05) is 23.7 Å². The van der Waals surface area contributed by atoms with Crippen molar-refractivity contribution in [3.63, 3.8) is 0 Å². The van der Waals surface area contributed by atoms with E-state index in [4.69, 9.17) is 11.6 Å². The average Bonchev–Trinajstić information content (AvgIpc) is 2.52. The average molecular weight is 333 g/mol. The third kappa shape index (κ3) is 2.12. The third-order valence-electron chi connectivity index (χ3n) is 3.74. The molecular weight excluding hydrogens is 320 g/mol. The quantitative estimate of drug-likeness (QED) is 0.658. The van der Waals surface area contributed by atoms with Crippen LogP contribution in [0.15, 0.2) is 38.6 Å². The van der Waals surface area contributed by atoms with Gasteiger partial charge in [-0.05, 0) is 19.1 Å². The number of fused-ring (bicyclic) bond motifs is 1. The van der Waals surface area contributed by atoms with Gasteiger partial charge in [0.1, 0.15) is 11.2 Å². The van der Waals surface area contributed by atoms with Crippen LogP contribution in [0.2, 0.25) is 5.02 Å². The normalized spacial score (nSPS) is 11.1. The maximum Gasteiger partial charge on any atom is 0.332 e. The Morgan fingerprint density at radius 2 is 1.65 bits per heavy atom. The molecule has 1 aromatic carbocycles. The van der Waals surface area contributed by atoms with Gasteiger partial charge in [-0.15, -0.1) is 0 Å². The van der Waals surface area contributed by atoms with Crippen LogP contribution in [0.5, 0.6) is 0 Å². The van der Waals surface area contributed by atoms with Gasteiger partial charge in [0.25, 0.3) is 11.1 Å². The number of benzene rings is 1. The molecule has 0 fully saturated rings. The van der Waals surface area contributed by atoms with E-state index in [1.165, 1.54) is 23.2 Å². The Bertz CT molecular complexity index is 1120. The molecule has 2 aromatic heterocycles. The van der Waals surface area contributed by atoms with E-state index in [1.54, 1.807) is 31.2 Å². The van der Waals surface area contributed by atoms with Gasteiger partial charge in [-0.2, -0.15) is 0 Å². The summed E-state index contributed by atoms with van der Waals surface area (Å²) in [4.78, 5) is 41.5. The van der Waals surface area contributed by atoms with Gasteiger partial charge in [-0.3, -0.25) is 23.3 Å². The summed E-state index contributed by atoms with van der Waals surface area (Å²) in [6, 6.07) is 6.78. The van der Waals surface area contributed by atoms with Crippen molar-refractivity contribution >= 4 is 22.6 Å². The monoisotopic (exact) mass is 332 g/mol. The topological polar surface area (TPSA) is 78.9 Å². The fraction of sp³-hybridized carbons (Fsp3) is 0.200. The van der Waals surface area contributed by atoms with E-state index < -0.39 is 16.8 Å². The zero-order valence-electron chi connectivity index (χ0n) is 12.7. The molecule has 23 heavy (non-hydrogen) atoms. The first-order chi connectivity index (χ1) is 10.8. The molecular formula is C15H13ClN4O3. The van der Waals surface area contributed by atoms with Crippen molar-refractivity contribution in [3.05, 3.63) is 66.3 Å². The number of para-hydroxylation sites is 1. The zero-order chi connectivity index (χ0) is 16.9. The summed E-state index contributed by atoms with van der Waals surface area (Å²) in [5.41, 5.74) is -1.28. The molecule has 0 unspecified atom stereocenters. The summed E-state index contributed by atoms with van der Waals surface area (Å²) < 4.78 is 3.34. The highest BCUT2D eigenvalue weighted by molar-refractivity contribution is 6.32. The van der Waals surface area contributed by atoms with Crippen molar-refractivity contribution < 1.29 is 0 Å². The fourth-order valence-electron chi connectivity index (χ4n) is 2.53. The van der Waals surface area contributed by atoms with Crippen LogP contribution in [0.25, 0.3) is 16.7 Å². The summed E-state index contributed by atoms with van der Waals surface area (Å²) in [6.07, 6.45) is 0. The van der Waals surface area contributed by atoms with E-state index in [9.17, 15) is 14.4 Å². The Morgan fingerprint density at radius 3 is 2.30 bits per heavy atom. The molecule has 0 aliphatic carbocycles. The summed E-state index contributed by atoms with van der Waals surface area (Å²) in [7, 11) is 2.79. The molecule has 0 atom stereocenters. The van der Waals surface area contributed by atoms with Crippen LogP contribution in [0.1, 0.15) is 5.82 Å². The molecule has 0 aliphatic heterocycles. The van der Waals surface area contributed by atoms with Crippen LogP contribution in [-0.2, 0) is 14.1 Å². The van der Waals surface area contributed by atoms with E-state index in [0.29, 0.717) is 16.5 Å². The van der Waals surface area contributed by atoms with Crippen molar-refractivity contribution in [2.45, 2.75) is 6.92 Å². The molecule has 0 saturated carbocycles. The summed E-state index contributed by atoms with van der Waals surface area (Å²) in [5, 5.41) is 0.209. The van der Waals surface area contributed by atoms with Crippen LogP contribution >= 0.6 is 11.6 Å². The number of hydrogen-bond donors (Lipinski definition) is 0. The Balaban J connectivity index is 2.59. The summed E-state index contributed by atoms with van der Waals surface area (Å²) in [6.45, 7) is 1.62. The summed E-state index contributed by atoms with van der Waals surface area (Å²) >= 11 is 6.16. The number of halogens is 1. The minimum Gasteiger partial charge on any atom is -0.280 e. The Kier molecular flexibility index (Phi) is 3.45. The lowest BCUT2D eigenvalue weighted by Gasteiger charge is -2.13. The second kappa shape index (κ2) is 5.20. The summed E-state index contributed by atoms with van der Waals surface area (Å²) in [5.74, 6) is 0.332. The van der Waals surface area contributed by atoms with Gasteiger partial charge in [0.2, 0.25) is 0 Å². The first-order valence-electron chi connectivity index (χ1n) is 6.79. The molecule has 0 radical (unpaired) electrons. The van der Waals surface area contributed by atoms with E-state index >= 15 is 0 Å². The van der Waals surface area contributed by atoms with Crippen molar-refractivity contribution in [2.24, 2.45) is 14.1 Å². The number of rotatable bonds is 1. The third-order valence-corrected chi connectivity index (χ3v) is 4.05. The lowest BCUT2D eigenvalue weighted by molar-refractivity contribution is 0.699. The van der Waals surface area contributed by atoms with Crippen LogP contribution < -0.4 is 16.8 Å². The standard InChI is InChI=1S/C15H13ClN4O3/c1-8-17-12-11(13(21)19(3)15(23)18(12)2)14(22)20(8)10-7-5-4-6-9(10)16/h4-7H,1-3H3. The van der Waals surface area contributed by atoms with Gasteiger partial charge in [0, 0.05) is 14.1 Å². The van der Waals surface area contributed by atoms with E-state index in [0.717, 1.165) is 4.57 Å². The van der Waals surface area contributed by atoms with Crippen LogP contribution in [0.4, 0.5) is 0 Å². The number of nitrogens with zero attached hydrogens (tertiary/aromatic N) is 4. The molecule has 8 heteroatoms. The largest absolute Gasteiger partial charge is 0.332 e. The fourth-order valence-corrected chi connectivity index (χ4v) is 2.75. The molecule has 2 heterocycles. The van der Waals surface area contributed by atoms with E-state index in [1.807, 2.05) is 0 Å². The molecule has 118 valence electrons. The zero-order valence-corrected chi connectivity index (χ0v) is 13.5. The lowest BCUT2D eigenvalue weighted by atomic mass is 10.3. The van der Waals surface area contributed by atoms with E-state index in [-0.39, 0.29) is 11.0 Å². The van der Waals surface area contributed by atoms with Crippen molar-refractivity contribution in [1.82, 2.24) is 18.7 Å². The molecule has 3 aromatic rings. The Hall–Kier alpha value is -2.67. The van der Waals surface area contributed by atoms with Crippen molar-refractivity contribution in [2.75, 3.05) is 0 Å². The number of aromatic nitrogens is 4. The Morgan fingerprint density at radius 1 is 1.00 bits per heavy atom. The molecule has 3 rings (SSSR count). The predicted molar refractivity (Wildman–Crippen MR) is 87.6 cm³/mol. The lowest BCUT2D eigenvalue weighted by Crippen LogP contribution is -2.41. The molecule has 0 bridgehead atoms. The molecule has 0 saturated heterocycles. The molecule has 0 spiro atoms. The highest BCUT2D eigenvalue weighted by Gasteiger charge is 2.18. The van der Waals surface area contributed by atoms with Gasteiger partial charge in [0.05, 0.1) is 10.7 Å². The maximum atomic E-state index is 12.9. The van der Waals surface area contributed by atoms with Gasteiger partial charge in [-0.25, -0.2) is 9.78 Å². The minimum absolute atomic E-state index is 0.0592. The first-order valence-corrected chi connectivity index (χ1v) is 7.16. The molecule has 0 amide bonds. The van der Waals surface area contributed by atoms with Gasteiger partial charge >= 0.3 is 5.69 Å². The van der Waals surface area contributed by atoms with Crippen molar-refractivity contribution in [3.8, 4) is 5.69 Å². The molecule has 0 aliphatic rings. The maximum absolute atomic E-state index is 12.9. The molecule has 0 N–H and O–H groups in total. The van der Waals surface area contributed by atoms with Crippen LogP contribution in [0.3, 0.4) is 0 Å². The second-order valence-electron chi connectivity index (χ2n) is 5.16. The SMILES string of the molecule is Cc1nc2c(c(=O)n1-c1ccccc1Cl)c(=O)n(C)c(=O)n2C. The smallest absolute Gasteiger partial charge is 0.280 e. The highest BCUT2D eigenvalue weighted by atomic mass is 35.5. The predicted octanol–water partition coefficient (Wildman–Crippen LogP) is 0.745. The Labute approximate surface area is 135 Å². The highest BCUT2D eigenvalue weighted by Crippen LogP contribution is 2.19. The van der Waals surface area contributed by atoms with Gasteiger partial charge in [0.15, 0.2) is 5.65 Å². The molecule has 7 nitrogen and oxygen atoms in total. The van der Waals surface area contributed by atoms with Gasteiger partial charge < -0.3 is 0 Å². The number of aryl methyl sites for hydroxylation is 2. The second-order valence-corrected chi connectivity index (χ2v) is 5.56. The minimum atomic E-state index is -0.679. The van der Waals surface area contributed by atoms with Crippen LogP contribution in [0, 0.1) is 6.92 Å². The first kappa shape index (κ1) is 15.2. The van der Waals surface area contributed by atoms with E-state index in [2.05, 4.69) is 4.98 Å². The van der Waals surface area contributed by atoms with Crippen molar-refractivity contribution in [1.29, 1.82) is 0 Å². The number of hydrogen-bond acceptors (Lipinski definition) is 4.